The summed E-state index contributed by atoms with van der Waals surface area (Å²) < 4.78 is 6.75. The van der Waals surface area contributed by atoms with Crippen molar-refractivity contribution in [2.75, 3.05) is 11.9 Å². The van der Waals surface area contributed by atoms with Gasteiger partial charge in [-0.05, 0) is 44.0 Å². The molecular formula is C18H20N4O3. The average molecular weight is 340 g/mol. The Kier molecular flexibility index (Phi) is 4.83. The third-order valence-electron chi connectivity index (χ3n) is 3.67. The first kappa shape index (κ1) is 16.8. The number of ether oxygens (including phenoxy) is 1. The van der Waals surface area contributed by atoms with E-state index in [1.54, 1.807) is 28.8 Å². The summed E-state index contributed by atoms with van der Waals surface area (Å²) in [5.41, 5.74) is 3.44. The van der Waals surface area contributed by atoms with Gasteiger partial charge >= 0.3 is 5.97 Å². The second-order valence-corrected chi connectivity index (χ2v) is 5.82. The van der Waals surface area contributed by atoms with Crippen molar-refractivity contribution < 1.29 is 14.6 Å². The lowest BCUT2D eigenvalue weighted by molar-refractivity contribution is -0.141. The van der Waals surface area contributed by atoms with E-state index < -0.39 is 0 Å². The van der Waals surface area contributed by atoms with E-state index in [9.17, 15) is 9.90 Å². The molecule has 0 aliphatic heterocycles. The molecule has 0 atom stereocenters. The van der Waals surface area contributed by atoms with Crippen LogP contribution in [0.3, 0.4) is 0 Å². The van der Waals surface area contributed by atoms with Crippen molar-refractivity contribution in [2.24, 2.45) is 0 Å². The summed E-state index contributed by atoms with van der Waals surface area (Å²) in [5, 5.41) is 17.1. The number of fused-ring (bicyclic) bond motifs is 1. The summed E-state index contributed by atoms with van der Waals surface area (Å²) >= 11 is 0. The van der Waals surface area contributed by atoms with Crippen LogP contribution in [0.15, 0.2) is 36.5 Å². The monoisotopic (exact) mass is 340 g/mol. The number of phenols is 1. The largest absolute Gasteiger partial charge is 0.508 e. The highest BCUT2D eigenvalue weighted by molar-refractivity contribution is 5.66. The van der Waals surface area contributed by atoms with Crippen LogP contribution in [0, 0.1) is 6.92 Å². The predicted molar refractivity (Wildman–Crippen MR) is 94.1 cm³/mol. The minimum atomic E-state index is -0.279. The van der Waals surface area contributed by atoms with Crippen molar-refractivity contribution in [3.05, 3.63) is 47.8 Å². The molecule has 0 saturated heterocycles. The van der Waals surface area contributed by atoms with Crippen LogP contribution < -0.4 is 5.32 Å². The molecule has 0 unspecified atom stereocenters. The molecule has 1 aromatic carbocycles. The Balaban J connectivity index is 1.85. The van der Waals surface area contributed by atoms with Crippen LogP contribution in [-0.2, 0) is 16.0 Å². The number of aromatic hydroxyl groups is 1. The number of hydrogen-bond acceptors (Lipinski definition) is 6. The zero-order valence-corrected chi connectivity index (χ0v) is 14.2. The average Bonchev–Trinajstić information content (AvgIpc) is 2.92. The van der Waals surface area contributed by atoms with E-state index >= 15 is 0 Å². The lowest BCUT2D eigenvalue weighted by atomic mass is 10.1. The summed E-state index contributed by atoms with van der Waals surface area (Å²) in [6, 6.07) is 8.70. The van der Waals surface area contributed by atoms with Gasteiger partial charge in [-0.1, -0.05) is 0 Å². The van der Waals surface area contributed by atoms with Crippen molar-refractivity contribution in [3.8, 4) is 5.75 Å². The Morgan fingerprint density at radius 1 is 1.32 bits per heavy atom. The number of carbonyl (C=O) groups is 1. The highest BCUT2D eigenvalue weighted by Crippen LogP contribution is 2.23. The maximum Gasteiger partial charge on any atom is 0.302 e. The van der Waals surface area contributed by atoms with Crippen molar-refractivity contribution >= 4 is 23.1 Å². The number of hydrogen-bond donors (Lipinski definition) is 2. The molecule has 3 rings (SSSR count). The molecule has 0 radical (unpaired) electrons. The maximum absolute atomic E-state index is 10.9. The smallest absolute Gasteiger partial charge is 0.302 e. The molecule has 2 N–H and O–H groups in total. The second kappa shape index (κ2) is 7.21. The molecule has 0 spiro atoms. The van der Waals surface area contributed by atoms with Crippen LogP contribution >= 0.6 is 0 Å². The SMILES string of the molecule is CC(=O)OCCCc1cn2nc(C)cc2nc1Nc1ccc(O)cc1. The molecule has 130 valence electrons. The molecule has 2 aromatic heterocycles. The van der Waals surface area contributed by atoms with Crippen LogP contribution in [-0.4, -0.2) is 32.3 Å². The fourth-order valence-corrected chi connectivity index (χ4v) is 2.53. The summed E-state index contributed by atoms with van der Waals surface area (Å²) in [6.07, 6.45) is 3.32. The zero-order valence-electron chi connectivity index (χ0n) is 14.2. The lowest BCUT2D eigenvalue weighted by Gasteiger charge is -2.12. The maximum atomic E-state index is 10.9. The van der Waals surface area contributed by atoms with E-state index in [4.69, 9.17) is 4.74 Å². The van der Waals surface area contributed by atoms with E-state index in [0.717, 1.165) is 28.4 Å². The van der Waals surface area contributed by atoms with Crippen molar-refractivity contribution in [2.45, 2.75) is 26.7 Å². The van der Waals surface area contributed by atoms with Gasteiger partial charge in [-0.2, -0.15) is 5.10 Å². The number of carbonyl (C=O) groups excluding carboxylic acids is 1. The van der Waals surface area contributed by atoms with Crippen LogP contribution in [0.1, 0.15) is 24.6 Å². The molecule has 0 aliphatic rings. The molecule has 7 nitrogen and oxygen atoms in total. The van der Waals surface area contributed by atoms with Gasteiger partial charge in [0.1, 0.15) is 11.6 Å². The Bertz CT molecular complexity index is 887. The standard InChI is InChI=1S/C18H20N4O3/c1-12-10-17-20-18(19-15-5-7-16(24)8-6-15)14(11-22(17)21-12)4-3-9-25-13(2)23/h5-8,10-11,24H,3-4,9H2,1-2H3,(H,19,20). The van der Waals surface area contributed by atoms with Crippen LogP contribution in [0.5, 0.6) is 5.75 Å². The minimum Gasteiger partial charge on any atom is -0.508 e. The van der Waals surface area contributed by atoms with E-state index in [-0.39, 0.29) is 11.7 Å². The molecule has 0 saturated carbocycles. The topological polar surface area (TPSA) is 88.8 Å². The van der Waals surface area contributed by atoms with Crippen LogP contribution in [0.4, 0.5) is 11.5 Å². The van der Waals surface area contributed by atoms with Gasteiger partial charge in [-0.3, -0.25) is 4.79 Å². The number of nitrogens with zero attached hydrogens (tertiary/aromatic N) is 3. The number of aromatic nitrogens is 3. The molecule has 0 bridgehead atoms. The van der Waals surface area contributed by atoms with Gasteiger partial charge in [0, 0.05) is 30.4 Å². The van der Waals surface area contributed by atoms with Gasteiger partial charge in [0.05, 0.1) is 12.3 Å². The summed E-state index contributed by atoms with van der Waals surface area (Å²) in [6.45, 7) is 3.68. The molecule has 25 heavy (non-hydrogen) atoms. The van der Waals surface area contributed by atoms with Crippen LogP contribution in [0.2, 0.25) is 0 Å². The number of phenolic OH excluding ortho intramolecular Hbond substituents is 1. The van der Waals surface area contributed by atoms with Crippen molar-refractivity contribution in [1.29, 1.82) is 0 Å². The van der Waals surface area contributed by atoms with Gasteiger partial charge in [-0.15, -0.1) is 0 Å². The third kappa shape index (κ3) is 4.26. The van der Waals surface area contributed by atoms with E-state index in [1.165, 1.54) is 6.92 Å². The summed E-state index contributed by atoms with van der Waals surface area (Å²) in [7, 11) is 0. The quantitative estimate of drug-likeness (QED) is 0.407. The Labute approximate surface area is 145 Å². The molecule has 3 aromatic rings. The Hall–Kier alpha value is -3.09. The number of aryl methyl sites for hydroxylation is 2. The van der Waals surface area contributed by atoms with Crippen LogP contribution in [0.25, 0.3) is 5.65 Å². The van der Waals surface area contributed by atoms with E-state index in [2.05, 4.69) is 15.4 Å². The zero-order chi connectivity index (χ0) is 17.8. The first-order chi connectivity index (χ1) is 12.0. The predicted octanol–water partition coefficient (Wildman–Crippen LogP) is 2.98. The number of rotatable bonds is 6. The molecule has 2 heterocycles. The lowest BCUT2D eigenvalue weighted by Crippen LogP contribution is -2.06. The number of nitrogens with one attached hydrogen (secondary N) is 1. The van der Waals surface area contributed by atoms with Gasteiger partial charge < -0.3 is 15.2 Å². The molecule has 0 fully saturated rings. The van der Waals surface area contributed by atoms with Gasteiger partial charge in [0.2, 0.25) is 0 Å². The fourth-order valence-electron chi connectivity index (χ4n) is 2.53. The van der Waals surface area contributed by atoms with Crippen molar-refractivity contribution in [1.82, 2.24) is 14.6 Å². The normalized spacial score (nSPS) is 10.8. The molecule has 7 heteroatoms. The molecular weight excluding hydrogens is 320 g/mol. The Morgan fingerprint density at radius 3 is 2.80 bits per heavy atom. The number of anilines is 2. The Morgan fingerprint density at radius 2 is 2.08 bits per heavy atom. The van der Waals surface area contributed by atoms with Gasteiger partial charge in [0.25, 0.3) is 0 Å². The van der Waals surface area contributed by atoms with Gasteiger partial charge in [-0.25, -0.2) is 9.50 Å². The van der Waals surface area contributed by atoms with Gasteiger partial charge in [0.15, 0.2) is 5.65 Å². The van der Waals surface area contributed by atoms with Crippen molar-refractivity contribution in [3.63, 3.8) is 0 Å². The van der Waals surface area contributed by atoms with E-state index in [1.807, 2.05) is 19.2 Å². The summed E-state index contributed by atoms with van der Waals surface area (Å²) in [5.74, 6) is 0.654. The number of esters is 1. The highest BCUT2D eigenvalue weighted by atomic mass is 16.5. The first-order valence-corrected chi connectivity index (χ1v) is 8.06. The third-order valence-corrected chi connectivity index (χ3v) is 3.67. The fraction of sp³-hybridized carbons (Fsp3) is 0.278. The first-order valence-electron chi connectivity index (χ1n) is 8.06. The molecule has 0 amide bonds. The molecule has 0 aliphatic carbocycles. The number of benzene rings is 1. The van der Waals surface area contributed by atoms with E-state index in [0.29, 0.717) is 19.4 Å². The minimum absolute atomic E-state index is 0.210. The highest BCUT2D eigenvalue weighted by Gasteiger charge is 2.10. The second-order valence-electron chi connectivity index (χ2n) is 5.82. The summed E-state index contributed by atoms with van der Waals surface area (Å²) in [4.78, 5) is 15.5.